The number of fused-ring (bicyclic) bond motifs is 1. The minimum Gasteiger partial charge on any atom is -0.326 e. The van der Waals surface area contributed by atoms with Crippen LogP contribution in [0.3, 0.4) is 0 Å². The molecule has 0 saturated carbocycles. The number of allylic oxidation sites excluding steroid dienone is 5. The first-order valence-electron chi connectivity index (χ1n) is 6.54. The van der Waals surface area contributed by atoms with Crippen molar-refractivity contribution in [2.45, 2.75) is 6.54 Å². The molecule has 0 aliphatic carbocycles. The van der Waals surface area contributed by atoms with Gasteiger partial charge in [-0.1, -0.05) is 54.6 Å². The Kier molecular flexibility index (Phi) is 5.57. The first kappa shape index (κ1) is 15.8. The molecule has 1 aromatic carbocycles. The Morgan fingerprint density at radius 1 is 1.33 bits per heavy atom. The van der Waals surface area contributed by atoms with E-state index in [4.69, 9.17) is 28.9 Å². The Hall–Kier alpha value is -1.61. The van der Waals surface area contributed by atoms with E-state index in [9.17, 15) is 0 Å². The number of para-hydroxylation sites is 1. The van der Waals surface area contributed by atoms with Crippen molar-refractivity contribution >= 4 is 39.7 Å². The number of halogens is 2. The molecule has 0 saturated heterocycles. The summed E-state index contributed by atoms with van der Waals surface area (Å²) in [6.45, 7) is 4.03. The Morgan fingerprint density at radius 2 is 2.14 bits per heavy atom. The topological polar surface area (TPSA) is 38.9 Å². The van der Waals surface area contributed by atoms with Crippen molar-refractivity contribution in [2.24, 2.45) is 5.73 Å². The number of hydrogen-bond acceptors (Lipinski definition) is 2. The third-order valence-corrected chi connectivity index (χ3v) is 3.68. The van der Waals surface area contributed by atoms with Crippen molar-refractivity contribution in [3.63, 3.8) is 0 Å². The fraction of sp³-hybridized carbons (Fsp3) is 0.118. The van der Waals surface area contributed by atoms with Crippen LogP contribution in [0.1, 0.15) is 11.3 Å². The number of hydrogen-bond donors (Lipinski definition) is 1. The molecule has 1 heterocycles. The van der Waals surface area contributed by atoms with E-state index >= 15 is 0 Å². The smallest absolute Gasteiger partial charge is 0.0895 e. The largest absolute Gasteiger partial charge is 0.326 e. The summed E-state index contributed by atoms with van der Waals surface area (Å²) in [5.41, 5.74) is 9.25. The number of aromatic nitrogens is 1. The van der Waals surface area contributed by atoms with Crippen LogP contribution in [0.15, 0.2) is 55.1 Å². The quantitative estimate of drug-likeness (QED) is 0.640. The number of benzene rings is 1. The Morgan fingerprint density at radius 3 is 2.81 bits per heavy atom. The van der Waals surface area contributed by atoms with Gasteiger partial charge in [0.15, 0.2) is 0 Å². The van der Waals surface area contributed by atoms with Gasteiger partial charge in [0.1, 0.15) is 0 Å². The normalized spacial score (nSPS) is 12.2. The fourth-order valence-electron chi connectivity index (χ4n) is 2.08. The third-order valence-electron chi connectivity index (χ3n) is 3.09. The van der Waals surface area contributed by atoms with E-state index in [1.807, 2.05) is 42.5 Å². The molecular formula is C17H16Cl2N2. The monoisotopic (exact) mass is 318 g/mol. The zero-order valence-corrected chi connectivity index (χ0v) is 13.0. The number of pyridine rings is 1. The van der Waals surface area contributed by atoms with E-state index < -0.39 is 0 Å². The lowest BCUT2D eigenvalue weighted by Gasteiger charge is -2.11. The van der Waals surface area contributed by atoms with Crippen LogP contribution in [0.25, 0.3) is 16.5 Å². The van der Waals surface area contributed by atoms with Crippen LogP contribution in [-0.2, 0) is 6.54 Å². The predicted octanol–water partition coefficient (Wildman–Crippen LogP) is 4.71. The summed E-state index contributed by atoms with van der Waals surface area (Å²) in [5, 5.41) is 1.59. The highest BCUT2D eigenvalue weighted by Gasteiger charge is 2.11. The number of nitrogens with zero attached hydrogens (tertiary/aromatic N) is 1. The summed E-state index contributed by atoms with van der Waals surface area (Å²) in [7, 11) is 0. The molecule has 2 nitrogen and oxygen atoms in total. The van der Waals surface area contributed by atoms with Crippen LogP contribution in [0, 0.1) is 0 Å². The Labute approximate surface area is 134 Å². The highest BCUT2D eigenvalue weighted by Crippen LogP contribution is 2.27. The van der Waals surface area contributed by atoms with Crippen LogP contribution in [0.2, 0.25) is 5.02 Å². The molecule has 0 spiro atoms. The van der Waals surface area contributed by atoms with Gasteiger partial charge in [0.2, 0.25) is 0 Å². The zero-order chi connectivity index (χ0) is 15.2. The van der Waals surface area contributed by atoms with Gasteiger partial charge in [0.25, 0.3) is 0 Å². The van der Waals surface area contributed by atoms with Gasteiger partial charge in [-0.25, -0.2) is 4.98 Å². The van der Waals surface area contributed by atoms with Gasteiger partial charge >= 0.3 is 0 Å². The van der Waals surface area contributed by atoms with Crippen molar-refractivity contribution in [1.29, 1.82) is 0 Å². The molecule has 1 aromatic heterocycles. The molecular weight excluding hydrogens is 303 g/mol. The average molecular weight is 319 g/mol. The molecule has 21 heavy (non-hydrogen) atoms. The summed E-state index contributed by atoms with van der Waals surface area (Å²) in [5.74, 6) is 0.345. The summed E-state index contributed by atoms with van der Waals surface area (Å²) in [6, 6.07) is 7.71. The first-order chi connectivity index (χ1) is 10.2. The van der Waals surface area contributed by atoms with Crippen LogP contribution >= 0.6 is 23.2 Å². The van der Waals surface area contributed by atoms with Crippen molar-refractivity contribution in [2.75, 3.05) is 5.88 Å². The predicted molar refractivity (Wildman–Crippen MR) is 92.7 cm³/mol. The standard InChI is InChI=1S/C17H16Cl2N2/c1-2-3-4-6-13(10-18)16-14(11-20)9-12-7-5-8-15(19)17(12)21-16/h2-9H,1,10-11,20H2/b4-3-,13-6+. The van der Waals surface area contributed by atoms with Crippen molar-refractivity contribution in [1.82, 2.24) is 4.98 Å². The molecule has 4 heteroatoms. The summed E-state index contributed by atoms with van der Waals surface area (Å²) in [6.07, 6.45) is 7.34. The SMILES string of the molecule is C=C/C=C\C=C(/CCl)c1nc2c(Cl)cccc2cc1CN. The van der Waals surface area contributed by atoms with E-state index in [2.05, 4.69) is 11.6 Å². The summed E-state index contributed by atoms with van der Waals surface area (Å²) < 4.78 is 0. The lowest BCUT2D eigenvalue weighted by atomic mass is 10.0. The minimum absolute atomic E-state index is 0.345. The van der Waals surface area contributed by atoms with E-state index in [1.165, 1.54) is 0 Å². The van der Waals surface area contributed by atoms with E-state index in [0.717, 1.165) is 27.7 Å². The van der Waals surface area contributed by atoms with Crippen LogP contribution in [0.5, 0.6) is 0 Å². The molecule has 0 atom stereocenters. The second-order valence-corrected chi connectivity index (χ2v) is 5.13. The van der Waals surface area contributed by atoms with Gasteiger partial charge in [-0.2, -0.15) is 0 Å². The molecule has 0 amide bonds. The molecule has 0 aliphatic rings. The van der Waals surface area contributed by atoms with Gasteiger partial charge in [0.05, 0.1) is 16.2 Å². The second kappa shape index (κ2) is 7.41. The van der Waals surface area contributed by atoms with Crippen LogP contribution < -0.4 is 5.73 Å². The lowest BCUT2D eigenvalue weighted by molar-refractivity contribution is 1.04. The van der Waals surface area contributed by atoms with E-state index in [1.54, 1.807) is 6.08 Å². The van der Waals surface area contributed by atoms with Crippen molar-refractivity contribution in [3.8, 4) is 0 Å². The highest BCUT2D eigenvalue weighted by atomic mass is 35.5. The maximum atomic E-state index is 6.23. The van der Waals surface area contributed by atoms with Gasteiger partial charge in [-0.3, -0.25) is 0 Å². The summed E-state index contributed by atoms with van der Waals surface area (Å²) >= 11 is 12.3. The average Bonchev–Trinajstić information content (AvgIpc) is 2.51. The minimum atomic E-state index is 0.345. The Bertz CT molecular complexity index is 718. The van der Waals surface area contributed by atoms with Crippen molar-refractivity contribution in [3.05, 3.63) is 71.4 Å². The molecule has 0 unspecified atom stereocenters. The van der Waals surface area contributed by atoms with Gasteiger partial charge in [-0.15, -0.1) is 11.6 Å². The fourth-order valence-corrected chi connectivity index (χ4v) is 2.52. The van der Waals surface area contributed by atoms with Gasteiger partial charge in [-0.05, 0) is 23.3 Å². The lowest BCUT2D eigenvalue weighted by Crippen LogP contribution is -2.05. The molecule has 0 aliphatic heterocycles. The van der Waals surface area contributed by atoms with Crippen LogP contribution in [0.4, 0.5) is 0 Å². The third kappa shape index (κ3) is 3.53. The molecule has 108 valence electrons. The molecule has 2 N–H and O–H groups in total. The zero-order valence-electron chi connectivity index (χ0n) is 11.5. The molecule has 2 aromatic rings. The number of rotatable bonds is 5. The van der Waals surface area contributed by atoms with Crippen molar-refractivity contribution < 1.29 is 0 Å². The van der Waals surface area contributed by atoms with E-state index in [-0.39, 0.29) is 0 Å². The molecule has 2 rings (SSSR count). The maximum absolute atomic E-state index is 6.23. The number of alkyl halides is 1. The van der Waals surface area contributed by atoms with Crippen LogP contribution in [-0.4, -0.2) is 10.9 Å². The molecule has 0 bridgehead atoms. The first-order valence-corrected chi connectivity index (χ1v) is 7.45. The maximum Gasteiger partial charge on any atom is 0.0895 e. The Balaban J connectivity index is 2.65. The van der Waals surface area contributed by atoms with Gasteiger partial charge in [0, 0.05) is 17.8 Å². The molecule has 0 fully saturated rings. The second-order valence-electron chi connectivity index (χ2n) is 4.46. The highest BCUT2D eigenvalue weighted by molar-refractivity contribution is 6.35. The molecule has 0 radical (unpaired) electrons. The summed E-state index contributed by atoms with van der Waals surface area (Å²) in [4.78, 5) is 4.67. The number of nitrogens with two attached hydrogens (primary N) is 1. The van der Waals surface area contributed by atoms with Gasteiger partial charge < -0.3 is 5.73 Å². The van der Waals surface area contributed by atoms with E-state index in [0.29, 0.717) is 17.4 Å².